The van der Waals surface area contributed by atoms with Gasteiger partial charge in [-0.25, -0.2) is 8.78 Å². The molecule has 0 aromatic heterocycles. The third kappa shape index (κ3) is 11.1. The van der Waals surface area contributed by atoms with Crippen molar-refractivity contribution in [2.45, 2.75) is 84.5 Å². The summed E-state index contributed by atoms with van der Waals surface area (Å²) in [7, 11) is 0. The molecule has 0 unspecified atom stereocenters. The smallest absolute Gasteiger partial charge is 0.205 e. The van der Waals surface area contributed by atoms with Crippen LogP contribution in [0, 0.1) is 35.1 Å². The molecule has 0 fully saturated rings. The molecule has 3 aromatic rings. The lowest BCUT2D eigenvalue weighted by Gasteiger charge is -2.11. The molecule has 4 nitrogen and oxygen atoms in total. The summed E-state index contributed by atoms with van der Waals surface area (Å²) in [6.45, 7) is 4.92. The summed E-state index contributed by atoms with van der Waals surface area (Å²) in [6.07, 6.45) is 11.6. The molecule has 0 aliphatic carbocycles. The van der Waals surface area contributed by atoms with Gasteiger partial charge in [0.2, 0.25) is 11.6 Å². The lowest BCUT2D eigenvalue weighted by atomic mass is 10.1. The van der Waals surface area contributed by atoms with Crippen LogP contribution in [0.5, 0.6) is 11.5 Å². The minimum Gasteiger partial charge on any atom is -0.494 e. The number of benzene rings is 3. The molecule has 0 saturated carbocycles. The lowest BCUT2D eigenvalue weighted by molar-refractivity contribution is 0.263. The van der Waals surface area contributed by atoms with E-state index in [0.717, 1.165) is 37.9 Å². The van der Waals surface area contributed by atoms with Crippen LogP contribution in [0.1, 0.15) is 95.6 Å². The Morgan fingerprint density at radius 1 is 0.535 bits per heavy atom. The molecule has 3 rings (SSSR count). The molecule has 0 heterocycles. The molecular formula is C35H40F4N2O2. The fourth-order valence-corrected chi connectivity index (χ4v) is 4.27. The Balaban J connectivity index is 1.55. The van der Waals surface area contributed by atoms with Crippen LogP contribution in [0.4, 0.5) is 28.9 Å². The molecule has 8 heteroatoms. The summed E-state index contributed by atoms with van der Waals surface area (Å²) in [6, 6.07) is 13.7. The highest BCUT2D eigenvalue weighted by Gasteiger charge is 2.26. The molecule has 0 aliphatic rings. The molecule has 0 atom stereocenters. The van der Waals surface area contributed by atoms with Crippen LogP contribution in [0.15, 0.2) is 58.8 Å². The average Bonchev–Trinajstić information content (AvgIpc) is 3.03. The molecule has 0 bridgehead atoms. The minimum atomic E-state index is -1.59. The molecule has 0 aliphatic heterocycles. The second kappa shape index (κ2) is 18.6. The molecule has 0 N–H and O–H groups in total. The zero-order chi connectivity index (χ0) is 30.9. The van der Waals surface area contributed by atoms with Crippen LogP contribution in [0.2, 0.25) is 0 Å². The van der Waals surface area contributed by atoms with E-state index in [1.54, 1.807) is 24.3 Å². The first-order valence-electron chi connectivity index (χ1n) is 15.2. The van der Waals surface area contributed by atoms with Gasteiger partial charge in [-0.15, -0.1) is 0 Å². The van der Waals surface area contributed by atoms with E-state index in [2.05, 4.69) is 35.9 Å². The van der Waals surface area contributed by atoms with E-state index < -0.39 is 34.6 Å². The summed E-state index contributed by atoms with van der Waals surface area (Å²) in [5.74, 6) is -1.89. The van der Waals surface area contributed by atoms with Crippen molar-refractivity contribution in [1.82, 2.24) is 0 Å². The number of rotatable bonds is 17. The van der Waals surface area contributed by atoms with Gasteiger partial charge in [0.15, 0.2) is 17.4 Å². The largest absolute Gasteiger partial charge is 0.494 e. The number of hydrogen-bond donors (Lipinski definition) is 0. The quantitative estimate of drug-likeness (QED) is 0.0511. The maximum absolute atomic E-state index is 14.6. The third-order valence-electron chi connectivity index (χ3n) is 6.80. The van der Waals surface area contributed by atoms with Gasteiger partial charge < -0.3 is 9.47 Å². The Bertz CT molecular complexity index is 1330. The summed E-state index contributed by atoms with van der Waals surface area (Å²) in [4.78, 5) is 0. The van der Waals surface area contributed by atoms with Crippen molar-refractivity contribution in [3.63, 3.8) is 0 Å². The first-order chi connectivity index (χ1) is 20.9. The Morgan fingerprint density at radius 2 is 1.00 bits per heavy atom. The normalized spacial score (nSPS) is 11.0. The van der Waals surface area contributed by atoms with Gasteiger partial charge in [-0.1, -0.05) is 83.5 Å². The Hall–Kier alpha value is -3.86. The number of ether oxygens (including phenoxy) is 2. The number of nitrogens with zero attached hydrogens (tertiary/aromatic N) is 2. The minimum absolute atomic E-state index is 0.0375. The van der Waals surface area contributed by atoms with Gasteiger partial charge in [0.25, 0.3) is 0 Å². The lowest BCUT2D eigenvalue weighted by Crippen LogP contribution is -2.08. The van der Waals surface area contributed by atoms with Crippen molar-refractivity contribution in [2.75, 3.05) is 13.2 Å². The van der Waals surface area contributed by atoms with Gasteiger partial charge in [0.1, 0.15) is 11.3 Å². The van der Waals surface area contributed by atoms with Crippen molar-refractivity contribution in [3.05, 3.63) is 82.9 Å². The van der Waals surface area contributed by atoms with Crippen molar-refractivity contribution in [2.24, 2.45) is 10.2 Å². The first kappa shape index (κ1) is 33.6. The molecule has 0 amide bonds. The predicted molar refractivity (Wildman–Crippen MR) is 162 cm³/mol. The molecule has 43 heavy (non-hydrogen) atoms. The number of azo groups is 1. The second-order valence-electron chi connectivity index (χ2n) is 10.3. The molecule has 0 saturated heterocycles. The van der Waals surface area contributed by atoms with E-state index in [1.807, 2.05) is 24.3 Å². The predicted octanol–water partition coefficient (Wildman–Crippen LogP) is 11.1. The summed E-state index contributed by atoms with van der Waals surface area (Å²) in [5.41, 5.74) is 0.556. The van der Waals surface area contributed by atoms with Crippen molar-refractivity contribution in [1.29, 1.82) is 0 Å². The summed E-state index contributed by atoms with van der Waals surface area (Å²) < 4.78 is 68.9. The first-order valence-corrected chi connectivity index (χ1v) is 15.2. The zero-order valence-electron chi connectivity index (χ0n) is 25.0. The van der Waals surface area contributed by atoms with E-state index in [1.165, 1.54) is 32.1 Å². The maximum Gasteiger partial charge on any atom is 0.205 e. The van der Waals surface area contributed by atoms with Crippen molar-refractivity contribution >= 4 is 11.4 Å². The van der Waals surface area contributed by atoms with Crippen molar-refractivity contribution < 1.29 is 27.0 Å². The molecule has 0 spiro atoms. The van der Waals surface area contributed by atoms with Crippen LogP contribution in [0.3, 0.4) is 0 Å². The highest BCUT2D eigenvalue weighted by atomic mass is 19.2. The van der Waals surface area contributed by atoms with Crippen LogP contribution in [-0.2, 0) is 0 Å². The van der Waals surface area contributed by atoms with Crippen LogP contribution in [0.25, 0.3) is 0 Å². The monoisotopic (exact) mass is 596 g/mol. The van der Waals surface area contributed by atoms with Gasteiger partial charge in [-0.05, 0) is 61.4 Å². The number of halogens is 4. The number of unbranched alkanes of at least 4 members (excludes halogenated alkanes) is 9. The summed E-state index contributed by atoms with van der Waals surface area (Å²) in [5, 5.41) is 8.39. The number of hydrogen-bond acceptors (Lipinski definition) is 4. The topological polar surface area (TPSA) is 43.2 Å². The molecular weight excluding hydrogens is 556 g/mol. The standard InChI is InChI=1S/C35H40F4N2O2/c1-3-5-7-9-11-12-24-42-29-21-19-28(20-22-29)41-40-27-17-14-26(15-18-27)16-23-30-31(36)33(38)35(34(39)32(30)37)43-25-13-10-8-6-4-2/h14-15,17-22H,3-13,24-25H2,1-2H3. The Morgan fingerprint density at radius 3 is 1.53 bits per heavy atom. The fraction of sp³-hybridized carbons (Fsp3) is 0.429. The van der Waals surface area contributed by atoms with E-state index in [9.17, 15) is 17.6 Å². The van der Waals surface area contributed by atoms with Gasteiger partial charge in [-0.3, -0.25) is 0 Å². The van der Waals surface area contributed by atoms with Crippen LogP contribution >= 0.6 is 0 Å². The molecule has 230 valence electrons. The highest BCUT2D eigenvalue weighted by molar-refractivity contribution is 5.50. The van der Waals surface area contributed by atoms with Gasteiger partial charge in [0, 0.05) is 5.56 Å². The Labute approximate surface area is 252 Å². The molecule has 0 radical (unpaired) electrons. The Kier molecular flexibility index (Phi) is 14.6. The van der Waals surface area contributed by atoms with Gasteiger partial charge in [0.05, 0.1) is 24.6 Å². The second-order valence-corrected chi connectivity index (χ2v) is 10.3. The van der Waals surface area contributed by atoms with Gasteiger partial charge in [-0.2, -0.15) is 19.0 Å². The SMILES string of the molecule is CCCCCCCCOc1ccc(N=Nc2ccc(C#Cc3c(F)c(F)c(OCCCCCCC)c(F)c3F)cc2)cc1. The summed E-state index contributed by atoms with van der Waals surface area (Å²) >= 11 is 0. The van der Waals surface area contributed by atoms with E-state index in [-0.39, 0.29) is 6.61 Å². The van der Waals surface area contributed by atoms with Crippen molar-refractivity contribution in [3.8, 4) is 23.3 Å². The highest BCUT2D eigenvalue weighted by Crippen LogP contribution is 2.30. The zero-order valence-corrected chi connectivity index (χ0v) is 25.0. The fourth-order valence-electron chi connectivity index (χ4n) is 4.27. The van der Waals surface area contributed by atoms with Gasteiger partial charge >= 0.3 is 0 Å². The van der Waals surface area contributed by atoms with Crippen LogP contribution in [-0.4, -0.2) is 13.2 Å². The van der Waals surface area contributed by atoms with Crippen LogP contribution < -0.4 is 9.47 Å². The molecule has 3 aromatic carbocycles. The van der Waals surface area contributed by atoms with E-state index in [4.69, 9.17) is 9.47 Å². The van der Waals surface area contributed by atoms with E-state index in [0.29, 0.717) is 30.0 Å². The maximum atomic E-state index is 14.6. The average molecular weight is 597 g/mol. The third-order valence-corrected chi connectivity index (χ3v) is 6.80. The van der Waals surface area contributed by atoms with E-state index >= 15 is 0 Å².